The summed E-state index contributed by atoms with van der Waals surface area (Å²) in [5, 5.41) is 0. The van der Waals surface area contributed by atoms with Gasteiger partial charge in [-0.25, -0.2) is 0 Å². The smallest absolute Gasteiger partial charge is 0.141 e. The van der Waals surface area contributed by atoms with E-state index in [0.29, 0.717) is 36.8 Å². The van der Waals surface area contributed by atoms with Gasteiger partial charge in [0.1, 0.15) is 5.78 Å². The standard InChI is InChI=1S/C32H40N2O/c1-5-10-28-17-24(4)22-33-32(28)29-15-16-34(23(2)3)31(21-29)27-14-9-13-26(18-27)20-30(35)19-25-11-7-6-8-12-25/h5-14,18,22-24,29,31H,15-17,19-21H2,1-4H3/b10-5-. The van der Waals surface area contributed by atoms with Crippen LogP contribution >= 0.6 is 0 Å². The minimum absolute atomic E-state index is 0.266. The molecule has 1 fully saturated rings. The van der Waals surface area contributed by atoms with Crippen molar-refractivity contribution in [3.05, 3.63) is 94.7 Å². The molecule has 2 aliphatic rings. The molecule has 1 saturated heterocycles. The van der Waals surface area contributed by atoms with Gasteiger partial charge in [-0.05, 0) is 74.8 Å². The Morgan fingerprint density at radius 1 is 1.09 bits per heavy atom. The lowest BCUT2D eigenvalue weighted by Gasteiger charge is -2.43. The maximum absolute atomic E-state index is 12.8. The van der Waals surface area contributed by atoms with Crippen molar-refractivity contribution in [3.8, 4) is 0 Å². The number of carbonyl (C=O) groups excluding carboxylic acids is 1. The van der Waals surface area contributed by atoms with Gasteiger partial charge < -0.3 is 0 Å². The molecule has 3 nitrogen and oxygen atoms in total. The van der Waals surface area contributed by atoms with E-state index in [9.17, 15) is 4.79 Å². The lowest BCUT2D eigenvalue weighted by Crippen LogP contribution is -2.41. The second kappa shape index (κ2) is 11.8. The lowest BCUT2D eigenvalue weighted by molar-refractivity contribution is -0.117. The fraction of sp³-hybridized carbons (Fsp3) is 0.438. The summed E-state index contributed by atoms with van der Waals surface area (Å²) in [6, 6.07) is 19.6. The van der Waals surface area contributed by atoms with E-state index in [1.165, 1.54) is 16.8 Å². The Balaban J connectivity index is 1.55. The molecule has 3 atom stereocenters. The second-order valence-electron chi connectivity index (χ2n) is 10.6. The maximum atomic E-state index is 12.8. The average molecular weight is 469 g/mol. The van der Waals surface area contributed by atoms with E-state index in [2.05, 4.69) is 75.2 Å². The summed E-state index contributed by atoms with van der Waals surface area (Å²) in [5.41, 5.74) is 6.23. The Bertz CT molecular complexity index is 1100. The minimum atomic E-state index is 0.266. The Hall–Kier alpha value is -2.78. The van der Waals surface area contributed by atoms with Gasteiger partial charge in [0.15, 0.2) is 0 Å². The Morgan fingerprint density at radius 2 is 1.83 bits per heavy atom. The highest BCUT2D eigenvalue weighted by Gasteiger charge is 2.34. The quantitative estimate of drug-likeness (QED) is 0.412. The number of Topliss-reactive ketones (excluding diaryl/α,β-unsaturated/α-hetero) is 1. The largest absolute Gasteiger partial charge is 0.299 e. The molecule has 0 aromatic heterocycles. The molecule has 3 heteroatoms. The van der Waals surface area contributed by atoms with E-state index in [1.54, 1.807) is 0 Å². The first-order valence-corrected chi connectivity index (χ1v) is 13.2. The monoisotopic (exact) mass is 468 g/mol. The van der Waals surface area contributed by atoms with Crippen LogP contribution < -0.4 is 0 Å². The van der Waals surface area contributed by atoms with Gasteiger partial charge in [-0.2, -0.15) is 0 Å². The molecule has 0 amide bonds. The highest BCUT2D eigenvalue weighted by atomic mass is 16.1. The molecule has 2 heterocycles. The van der Waals surface area contributed by atoms with Crippen LogP contribution in [0.5, 0.6) is 0 Å². The van der Waals surface area contributed by atoms with Crippen molar-refractivity contribution in [1.29, 1.82) is 0 Å². The molecule has 2 aromatic rings. The molecule has 0 bridgehead atoms. The normalized spacial score (nSPS) is 23.4. The number of carbonyl (C=O) groups is 1. The van der Waals surface area contributed by atoms with E-state index in [4.69, 9.17) is 4.99 Å². The SMILES string of the molecule is C/C=C\C1=C(C2CCN(C(C)C)C(c3cccc(CC(=O)Cc4ccccc4)c3)C2)N=CC(C)C1. The fourth-order valence-corrected chi connectivity index (χ4v) is 5.72. The van der Waals surface area contributed by atoms with E-state index in [0.717, 1.165) is 36.9 Å². The average Bonchev–Trinajstić information content (AvgIpc) is 2.85. The number of hydrogen-bond acceptors (Lipinski definition) is 3. The summed E-state index contributed by atoms with van der Waals surface area (Å²) in [7, 11) is 0. The molecular weight excluding hydrogens is 428 g/mol. The number of nitrogens with zero attached hydrogens (tertiary/aromatic N) is 2. The van der Waals surface area contributed by atoms with Gasteiger partial charge in [0.2, 0.25) is 0 Å². The summed E-state index contributed by atoms with van der Waals surface area (Å²) in [5.74, 6) is 1.23. The summed E-state index contributed by atoms with van der Waals surface area (Å²) < 4.78 is 0. The van der Waals surface area contributed by atoms with Crippen molar-refractivity contribution in [2.45, 2.75) is 71.9 Å². The molecule has 4 rings (SSSR count). The molecule has 35 heavy (non-hydrogen) atoms. The molecule has 184 valence electrons. The first-order chi connectivity index (χ1) is 16.9. The van der Waals surface area contributed by atoms with Gasteiger partial charge in [0.05, 0.1) is 0 Å². The van der Waals surface area contributed by atoms with Gasteiger partial charge in [-0.1, -0.05) is 73.7 Å². The van der Waals surface area contributed by atoms with Crippen LogP contribution in [0.4, 0.5) is 0 Å². The molecule has 0 saturated carbocycles. The zero-order chi connectivity index (χ0) is 24.8. The number of hydrogen-bond donors (Lipinski definition) is 0. The molecular formula is C32H40N2O. The van der Waals surface area contributed by atoms with Crippen LogP contribution in [-0.4, -0.2) is 29.5 Å². The molecule has 2 aliphatic heterocycles. The van der Waals surface area contributed by atoms with Crippen molar-refractivity contribution < 1.29 is 4.79 Å². The van der Waals surface area contributed by atoms with Crippen molar-refractivity contribution in [1.82, 2.24) is 4.90 Å². The van der Waals surface area contributed by atoms with Crippen LogP contribution in [0.25, 0.3) is 0 Å². The van der Waals surface area contributed by atoms with Crippen LogP contribution in [0.15, 0.2) is 83.0 Å². The summed E-state index contributed by atoms with van der Waals surface area (Å²) in [6.45, 7) is 10.0. The number of rotatable bonds is 8. The highest BCUT2D eigenvalue weighted by Crippen LogP contribution is 2.41. The predicted molar refractivity (Wildman–Crippen MR) is 147 cm³/mol. The first-order valence-electron chi connectivity index (χ1n) is 13.2. The van der Waals surface area contributed by atoms with Crippen LogP contribution in [0.3, 0.4) is 0 Å². The number of ketones is 1. The highest BCUT2D eigenvalue weighted by molar-refractivity contribution is 5.83. The third-order valence-corrected chi connectivity index (χ3v) is 7.38. The van der Waals surface area contributed by atoms with Crippen LogP contribution in [0, 0.1) is 11.8 Å². The minimum Gasteiger partial charge on any atom is -0.299 e. The number of likely N-dealkylation sites (tertiary alicyclic amines) is 1. The summed E-state index contributed by atoms with van der Waals surface area (Å²) >= 11 is 0. The van der Waals surface area contributed by atoms with Crippen molar-refractivity contribution in [3.63, 3.8) is 0 Å². The van der Waals surface area contributed by atoms with Crippen LogP contribution in [0.2, 0.25) is 0 Å². The summed E-state index contributed by atoms with van der Waals surface area (Å²) in [4.78, 5) is 20.4. The van der Waals surface area contributed by atoms with Gasteiger partial charge in [-0.3, -0.25) is 14.7 Å². The van der Waals surface area contributed by atoms with Gasteiger partial charge in [0.25, 0.3) is 0 Å². The van der Waals surface area contributed by atoms with Crippen molar-refractivity contribution in [2.75, 3.05) is 6.54 Å². The van der Waals surface area contributed by atoms with Gasteiger partial charge in [-0.15, -0.1) is 0 Å². The third kappa shape index (κ3) is 6.46. The molecule has 0 radical (unpaired) electrons. The Morgan fingerprint density at radius 3 is 2.57 bits per heavy atom. The van der Waals surface area contributed by atoms with E-state index < -0.39 is 0 Å². The van der Waals surface area contributed by atoms with Crippen LogP contribution in [-0.2, 0) is 17.6 Å². The zero-order valence-electron chi connectivity index (χ0n) is 21.8. The Kier molecular flexibility index (Phi) is 8.51. The molecule has 0 aliphatic carbocycles. The number of aliphatic imine (C=N–C) groups is 1. The molecule has 3 unspecified atom stereocenters. The van der Waals surface area contributed by atoms with E-state index in [-0.39, 0.29) is 5.78 Å². The second-order valence-corrected chi connectivity index (χ2v) is 10.6. The lowest BCUT2D eigenvalue weighted by atomic mass is 9.81. The van der Waals surface area contributed by atoms with Crippen molar-refractivity contribution in [2.24, 2.45) is 16.8 Å². The van der Waals surface area contributed by atoms with E-state index in [1.807, 2.05) is 30.3 Å². The third-order valence-electron chi connectivity index (χ3n) is 7.38. The van der Waals surface area contributed by atoms with Crippen molar-refractivity contribution >= 4 is 12.0 Å². The van der Waals surface area contributed by atoms with Gasteiger partial charge in [0, 0.05) is 42.8 Å². The first kappa shape index (κ1) is 25.3. The predicted octanol–water partition coefficient (Wildman–Crippen LogP) is 7.14. The zero-order valence-corrected chi connectivity index (χ0v) is 21.8. The van der Waals surface area contributed by atoms with E-state index >= 15 is 0 Å². The van der Waals surface area contributed by atoms with Crippen LogP contribution in [0.1, 0.15) is 69.7 Å². The molecule has 2 aromatic carbocycles. The number of allylic oxidation sites excluding steroid dienone is 4. The number of benzene rings is 2. The fourth-order valence-electron chi connectivity index (χ4n) is 5.72. The Labute approximate surface area is 211 Å². The maximum Gasteiger partial charge on any atom is 0.141 e. The summed E-state index contributed by atoms with van der Waals surface area (Å²) in [6.07, 6.45) is 10.8. The number of piperidine rings is 1. The van der Waals surface area contributed by atoms with Gasteiger partial charge >= 0.3 is 0 Å². The topological polar surface area (TPSA) is 32.7 Å². The molecule has 0 spiro atoms. The molecule has 0 N–H and O–H groups in total.